The summed E-state index contributed by atoms with van der Waals surface area (Å²) in [7, 11) is 1.97. The van der Waals surface area contributed by atoms with Gasteiger partial charge in [-0.15, -0.1) is 0 Å². The van der Waals surface area contributed by atoms with Gasteiger partial charge >= 0.3 is 0 Å². The number of aliphatic hydroxyl groups excluding tert-OH is 1. The second-order valence-corrected chi connectivity index (χ2v) is 5.32. The molecule has 0 bridgehead atoms. The highest BCUT2D eigenvalue weighted by Gasteiger charge is 2.23. The molecule has 1 atom stereocenters. The van der Waals surface area contributed by atoms with Gasteiger partial charge in [0.25, 0.3) is 0 Å². The average Bonchev–Trinajstić information content (AvgIpc) is 2.29. The molecule has 2 heterocycles. The minimum absolute atomic E-state index is 0.370. The monoisotopic (exact) mass is 221 g/mol. The normalized spacial score (nSPS) is 20.1. The van der Waals surface area contributed by atoms with Crippen molar-refractivity contribution in [3.8, 4) is 0 Å². The lowest BCUT2D eigenvalue weighted by atomic mass is 9.92. The molecule has 0 aromatic carbocycles. The van der Waals surface area contributed by atoms with Crippen LogP contribution >= 0.6 is 11.8 Å². The molecule has 0 aliphatic carbocycles. The summed E-state index contributed by atoms with van der Waals surface area (Å²) in [5.74, 6) is 2.75. The third kappa shape index (κ3) is 2.76. The van der Waals surface area contributed by atoms with E-state index in [1.54, 1.807) is 0 Å². The van der Waals surface area contributed by atoms with Gasteiger partial charge in [0.15, 0.2) is 7.85 Å². The van der Waals surface area contributed by atoms with Crippen LogP contribution in [-0.4, -0.2) is 29.4 Å². The highest BCUT2D eigenvalue weighted by molar-refractivity contribution is 7.99. The van der Waals surface area contributed by atoms with Crippen LogP contribution in [0.25, 0.3) is 0 Å². The molecular weight excluding hydrogens is 205 g/mol. The number of aliphatic hydroxyl groups is 1. The van der Waals surface area contributed by atoms with E-state index < -0.39 is 0 Å². The van der Waals surface area contributed by atoms with Gasteiger partial charge in [-0.1, -0.05) is 12.1 Å². The van der Waals surface area contributed by atoms with Crippen LogP contribution in [-0.2, 0) is 0 Å². The zero-order chi connectivity index (χ0) is 10.7. The first-order valence-corrected chi connectivity index (χ1v) is 6.62. The van der Waals surface area contributed by atoms with Crippen LogP contribution in [0.15, 0.2) is 18.2 Å². The van der Waals surface area contributed by atoms with E-state index in [0.29, 0.717) is 5.92 Å². The molecule has 0 spiro atoms. The fourth-order valence-electron chi connectivity index (χ4n) is 2.00. The lowest BCUT2D eigenvalue weighted by Crippen LogP contribution is -2.21. The SMILES string of the molecule is Bc1cccc(C(O)C2CCSCC2)n1. The zero-order valence-electron chi connectivity index (χ0n) is 9.02. The molecule has 1 aliphatic rings. The Morgan fingerprint density at radius 1 is 1.40 bits per heavy atom. The van der Waals surface area contributed by atoms with Crippen LogP contribution in [0.1, 0.15) is 24.6 Å². The predicted molar refractivity (Wildman–Crippen MR) is 67.4 cm³/mol. The second-order valence-electron chi connectivity index (χ2n) is 4.10. The minimum atomic E-state index is -0.370. The van der Waals surface area contributed by atoms with Crippen molar-refractivity contribution in [2.75, 3.05) is 11.5 Å². The van der Waals surface area contributed by atoms with Crippen LogP contribution in [0, 0.1) is 5.92 Å². The number of pyridine rings is 1. The smallest absolute Gasteiger partial charge is 0.163 e. The average molecular weight is 221 g/mol. The quantitative estimate of drug-likeness (QED) is 0.739. The van der Waals surface area contributed by atoms with Crippen LogP contribution in [0.4, 0.5) is 0 Å². The van der Waals surface area contributed by atoms with Crippen molar-refractivity contribution in [2.45, 2.75) is 18.9 Å². The third-order valence-corrected chi connectivity index (χ3v) is 3.97. The van der Waals surface area contributed by atoms with Crippen molar-refractivity contribution in [1.82, 2.24) is 4.98 Å². The van der Waals surface area contributed by atoms with Gasteiger partial charge in [-0.2, -0.15) is 11.8 Å². The van der Waals surface area contributed by atoms with Gasteiger partial charge in [-0.05, 0) is 41.9 Å². The summed E-state index contributed by atoms with van der Waals surface area (Å²) in [5.41, 5.74) is 1.82. The fourth-order valence-corrected chi connectivity index (χ4v) is 3.14. The van der Waals surface area contributed by atoms with E-state index in [1.807, 2.05) is 37.8 Å². The molecule has 1 fully saturated rings. The van der Waals surface area contributed by atoms with E-state index in [0.717, 1.165) is 24.1 Å². The Kier molecular flexibility index (Phi) is 3.70. The van der Waals surface area contributed by atoms with Gasteiger partial charge in [0, 0.05) is 0 Å². The molecule has 4 heteroatoms. The Bertz CT molecular complexity index is 328. The number of aromatic nitrogens is 1. The van der Waals surface area contributed by atoms with E-state index in [9.17, 15) is 5.11 Å². The molecular formula is C11H16BNOS. The number of rotatable bonds is 2. The maximum absolute atomic E-state index is 10.2. The first-order chi connectivity index (χ1) is 7.27. The molecule has 1 aromatic heterocycles. The first kappa shape index (κ1) is 11.0. The number of hydrogen-bond donors (Lipinski definition) is 1. The lowest BCUT2D eigenvalue weighted by molar-refractivity contribution is 0.0991. The van der Waals surface area contributed by atoms with E-state index in [2.05, 4.69) is 4.98 Å². The summed E-state index contributed by atoms with van der Waals surface area (Å²) in [6, 6.07) is 5.87. The van der Waals surface area contributed by atoms with Crippen molar-refractivity contribution >= 4 is 25.2 Å². The Morgan fingerprint density at radius 2 is 2.13 bits per heavy atom. The second kappa shape index (κ2) is 5.04. The standard InChI is InChI=1S/C11H16BNOS/c12-10-3-1-2-9(13-10)11(14)8-4-6-15-7-5-8/h1-3,8,11,14H,4-7,12H2. The Balaban J connectivity index is 2.08. The number of nitrogens with zero attached hydrogens (tertiary/aromatic N) is 1. The summed E-state index contributed by atoms with van der Waals surface area (Å²) >= 11 is 1.98. The van der Waals surface area contributed by atoms with Crippen molar-refractivity contribution < 1.29 is 5.11 Å². The zero-order valence-corrected chi connectivity index (χ0v) is 9.83. The summed E-state index contributed by atoms with van der Waals surface area (Å²) < 4.78 is 0. The Morgan fingerprint density at radius 3 is 2.80 bits per heavy atom. The Hall–Kier alpha value is -0.475. The predicted octanol–water partition coefficient (Wildman–Crippen LogP) is 0.517. The van der Waals surface area contributed by atoms with Gasteiger partial charge in [-0.25, -0.2) is 0 Å². The van der Waals surface area contributed by atoms with E-state index >= 15 is 0 Å². The van der Waals surface area contributed by atoms with Gasteiger partial charge in [-0.3, -0.25) is 4.98 Å². The van der Waals surface area contributed by atoms with E-state index in [-0.39, 0.29) is 6.10 Å². The van der Waals surface area contributed by atoms with Crippen molar-refractivity contribution in [2.24, 2.45) is 5.92 Å². The van der Waals surface area contributed by atoms with E-state index in [4.69, 9.17) is 0 Å². The molecule has 1 saturated heterocycles. The maximum Gasteiger partial charge on any atom is 0.163 e. The van der Waals surface area contributed by atoms with Crippen LogP contribution in [0.5, 0.6) is 0 Å². The molecule has 1 aliphatic heterocycles. The molecule has 2 nitrogen and oxygen atoms in total. The molecule has 2 rings (SSSR count). The van der Waals surface area contributed by atoms with Gasteiger partial charge in [0.2, 0.25) is 0 Å². The van der Waals surface area contributed by atoms with Crippen molar-refractivity contribution in [1.29, 1.82) is 0 Å². The summed E-state index contributed by atoms with van der Waals surface area (Å²) in [5, 5.41) is 10.2. The highest BCUT2D eigenvalue weighted by atomic mass is 32.2. The van der Waals surface area contributed by atoms with Crippen molar-refractivity contribution in [3.05, 3.63) is 23.9 Å². The van der Waals surface area contributed by atoms with Crippen LogP contribution < -0.4 is 5.59 Å². The molecule has 0 saturated carbocycles. The minimum Gasteiger partial charge on any atom is -0.387 e. The van der Waals surface area contributed by atoms with Gasteiger partial charge in [0.1, 0.15) is 0 Å². The molecule has 0 amide bonds. The summed E-state index contributed by atoms with van der Waals surface area (Å²) in [6.45, 7) is 0. The molecule has 1 unspecified atom stereocenters. The maximum atomic E-state index is 10.2. The molecule has 1 aromatic rings. The van der Waals surface area contributed by atoms with Crippen LogP contribution in [0.3, 0.4) is 0 Å². The largest absolute Gasteiger partial charge is 0.387 e. The van der Waals surface area contributed by atoms with Gasteiger partial charge in [0.05, 0.1) is 11.8 Å². The molecule has 80 valence electrons. The van der Waals surface area contributed by atoms with Crippen LogP contribution in [0.2, 0.25) is 0 Å². The molecule has 15 heavy (non-hydrogen) atoms. The fraction of sp³-hybridized carbons (Fsp3) is 0.545. The van der Waals surface area contributed by atoms with Gasteiger partial charge < -0.3 is 5.11 Å². The topological polar surface area (TPSA) is 33.1 Å². The highest BCUT2D eigenvalue weighted by Crippen LogP contribution is 2.32. The number of hydrogen-bond acceptors (Lipinski definition) is 3. The molecule has 1 N–H and O–H groups in total. The van der Waals surface area contributed by atoms with E-state index in [1.165, 1.54) is 11.5 Å². The summed E-state index contributed by atoms with van der Waals surface area (Å²) in [4.78, 5) is 4.39. The first-order valence-electron chi connectivity index (χ1n) is 5.47. The third-order valence-electron chi connectivity index (χ3n) is 2.93. The molecule has 0 radical (unpaired) electrons. The number of thioether (sulfide) groups is 1. The van der Waals surface area contributed by atoms with Crippen molar-refractivity contribution in [3.63, 3.8) is 0 Å². The lowest BCUT2D eigenvalue weighted by Gasteiger charge is -2.26. The Labute approximate surface area is 95.9 Å². The summed E-state index contributed by atoms with van der Waals surface area (Å²) in [6.07, 6.45) is 1.86.